The first-order chi connectivity index (χ1) is 19.0. The molecule has 0 aromatic heterocycles. The van der Waals surface area contributed by atoms with E-state index >= 15 is 0 Å². The van der Waals surface area contributed by atoms with E-state index in [2.05, 4.69) is 10.6 Å². The number of nitrogens with one attached hydrogen (secondary N) is 2. The molecule has 40 heavy (non-hydrogen) atoms. The van der Waals surface area contributed by atoms with Crippen LogP contribution in [0.15, 0.2) is 60.7 Å². The van der Waals surface area contributed by atoms with Crippen molar-refractivity contribution in [3.63, 3.8) is 0 Å². The number of rotatable bonds is 10. The quantitative estimate of drug-likeness (QED) is 0.336. The third-order valence-electron chi connectivity index (χ3n) is 6.02. The summed E-state index contributed by atoms with van der Waals surface area (Å²) >= 11 is 12.2. The van der Waals surface area contributed by atoms with Crippen LogP contribution in [0.4, 0.5) is 11.4 Å². The molecule has 0 heterocycles. The predicted molar refractivity (Wildman–Crippen MR) is 154 cm³/mol. The van der Waals surface area contributed by atoms with Crippen molar-refractivity contribution in [3.05, 3.63) is 93.0 Å². The van der Waals surface area contributed by atoms with Gasteiger partial charge in [-0.3, -0.25) is 9.59 Å². The van der Waals surface area contributed by atoms with Gasteiger partial charge in [-0.2, -0.15) is 0 Å². The molecule has 0 aliphatic carbocycles. The van der Waals surface area contributed by atoms with Gasteiger partial charge in [0.05, 0.1) is 41.8 Å². The zero-order chi connectivity index (χ0) is 29.4. The van der Waals surface area contributed by atoms with E-state index in [0.29, 0.717) is 22.4 Å². The fourth-order valence-electron chi connectivity index (χ4n) is 3.92. The zero-order valence-corrected chi connectivity index (χ0v) is 23.9. The van der Waals surface area contributed by atoms with Crippen LogP contribution in [0.2, 0.25) is 10.0 Å². The maximum atomic E-state index is 12.8. The van der Waals surface area contributed by atoms with Crippen molar-refractivity contribution in [1.82, 2.24) is 5.32 Å². The lowest BCUT2D eigenvalue weighted by atomic mass is 10.0. The first kappa shape index (κ1) is 30.5. The van der Waals surface area contributed by atoms with Crippen LogP contribution in [0.5, 0.6) is 0 Å². The molecule has 0 unspecified atom stereocenters. The summed E-state index contributed by atoms with van der Waals surface area (Å²) in [6, 6.07) is 15.6. The number of ether oxygens (including phenoxy) is 2. The maximum Gasteiger partial charge on any atom is 0.338 e. The molecule has 0 aliphatic heterocycles. The van der Waals surface area contributed by atoms with E-state index in [4.69, 9.17) is 32.7 Å². The number of methoxy groups -OCH3 is 2. The van der Waals surface area contributed by atoms with Crippen molar-refractivity contribution in [2.75, 3.05) is 38.5 Å². The van der Waals surface area contributed by atoms with Gasteiger partial charge in [0.25, 0.3) is 5.91 Å². The van der Waals surface area contributed by atoms with Crippen molar-refractivity contribution in [2.45, 2.75) is 18.9 Å². The van der Waals surface area contributed by atoms with Crippen LogP contribution in [0.25, 0.3) is 0 Å². The van der Waals surface area contributed by atoms with E-state index in [9.17, 15) is 19.2 Å². The Balaban J connectivity index is 1.69. The summed E-state index contributed by atoms with van der Waals surface area (Å²) in [7, 11) is 6.21. The van der Waals surface area contributed by atoms with Crippen molar-refractivity contribution in [1.29, 1.82) is 0 Å². The molecule has 9 nitrogen and oxygen atoms in total. The van der Waals surface area contributed by atoms with Gasteiger partial charge in [-0.1, -0.05) is 47.5 Å². The lowest BCUT2D eigenvalue weighted by molar-refractivity contribution is -0.142. The molecule has 0 saturated heterocycles. The normalized spacial score (nSPS) is 11.2. The smallest absolute Gasteiger partial charge is 0.338 e. The number of hydrogen-bond acceptors (Lipinski definition) is 7. The molecule has 3 rings (SSSR count). The first-order valence-corrected chi connectivity index (χ1v) is 12.9. The number of carbonyl (C=O) groups excluding carboxylic acids is 4. The molecule has 2 amide bonds. The molecular weight excluding hydrogens is 557 g/mol. The maximum absolute atomic E-state index is 12.8. The third kappa shape index (κ3) is 7.74. The second-order valence-corrected chi connectivity index (χ2v) is 9.81. The second kappa shape index (κ2) is 13.8. The molecule has 0 aliphatic rings. The largest absolute Gasteiger partial charge is 0.467 e. The summed E-state index contributed by atoms with van der Waals surface area (Å²) in [6.07, 6.45) is 0.0797. The molecule has 3 aromatic rings. The van der Waals surface area contributed by atoms with E-state index in [1.807, 2.05) is 25.1 Å². The van der Waals surface area contributed by atoms with E-state index in [1.165, 1.54) is 26.4 Å². The third-order valence-corrected chi connectivity index (χ3v) is 6.65. The minimum absolute atomic E-state index is 0.0407. The van der Waals surface area contributed by atoms with E-state index < -0.39 is 23.9 Å². The summed E-state index contributed by atoms with van der Waals surface area (Å²) in [5.74, 6) is -2.11. The summed E-state index contributed by atoms with van der Waals surface area (Å²) in [4.78, 5) is 52.1. The Morgan fingerprint density at radius 1 is 0.900 bits per heavy atom. The van der Waals surface area contributed by atoms with Crippen LogP contribution in [0.1, 0.15) is 31.8 Å². The van der Waals surface area contributed by atoms with Crippen LogP contribution in [-0.4, -0.2) is 58.1 Å². The number of benzene rings is 3. The number of amides is 2. The number of hydrogen-bond donors (Lipinski definition) is 2. The molecule has 0 fully saturated rings. The Labute approximate surface area is 242 Å². The van der Waals surface area contributed by atoms with Gasteiger partial charge in [-0.05, 0) is 47.5 Å². The van der Waals surface area contributed by atoms with E-state index in [1.54, 1.807) is 42.5 Å². The average molecular weight is 586 g/mol. The molecule has 0 spiro atoms. The molecule has 0 bridgehead atoms. The number of anilines is 2. The highest BCUT2D eigenvalue weighted by Crippen LogP contribution is 2.25. The van der Waals surface area contributed by atoms with Crippen molar-refractivity contribution < 1.29 is 28.7 Å². The van der Waals surface area contributed by atoms with E-state index in [0.717, 1.165) is 5.69 Å². The summed E-state index contributed by atoms with van der Waals surface area (Å²) < 4.78 is 9.74. The highest BCUT2D eigenvalue weighted by Gasteiger charge is 2.25. The van der Waals surface area contributed by atoms with Crippen molar-refractivity contribution >= 4 is 58.3 Å². The van der Waals surface area contributed by atoms with Crippen molar-refractivity contribution in [2.24, 2.45) is 0 Å². The molecule has 11 heteroatoms. The molecular formula is C29H29Cl2N3O6. The van der Waals surface area contributed by atoms with Crippen LogP contribution in [0, 0.1) is 0 Å². The minimum Gasteiger partial charge on any atom is -0.467 e. The number of carbonyl (C=O) groups is 4. The van der Waals surface area contributed by atoms with Gasteiger partial charge in [0.2, 0.25) is 5.91 Å². The highest BCUT2D eigenvalue weighted by atomic mass is 35.5. The summed E-state index contributed by atoms with van der Waals surface area (Å²) in [5.41, 5.74) is 2.92. The van der Waals surface area contributed by atoms with Gasteiger partial charge in [-0.25, -0.2) is 9.59 Å². The molecule has 1 atom stereocenters. The molecule has 0 radical (unpaired) electrons. The standard InChI is InChI=1S/C29H29Cl2N3O6/c1-34(2)20-13-10-18(21(16-20)28(37)39-3)15-25(35)32-19-11-8-17(9-12-19)14-24(29(38)40-4)33-27(36)26-22(30)6-5-7-23(26)31/h5-13,16,24H,14-15H2,1-4H3,(H,32,35)(H,33,36)/t24-/m0/s1. The van der Waals surface area contributed by atoms with Gasteiger partial charge in [0.1, 0.15) is 6.04 Å². The van der Waals surface area contributed by atoms with Gasteiger partial charge >= 0.3 is 11.9 Å². The van der Waals surface area contributed by atoms with Gasteiger partial charge < -0.3 is 25.0 Å². The Morgan fingerprint density at radius 3 is 2.12 bits per heavy atom. The number of esters is 2. The predicted octanol–water partition coefficient (Wildman–Crippen LogP) is 4.54. The highest BCUT2D eigenvalue weighted by molar-refractivity contribution is 6.39. The topological polar surface area (TPSA) is 114 Å². The van der Waals surface area contributed by atoms with Gasteiger partial charge in [-0.15, -0.1) is 0 Å². The lowest BCUT2D eigenvalue weighted by Crippen LogP contribution is -2.43. The monoisotopic (exact) mass is 585 g/mol. The number of halogens is 2. The molecule has 0 saturated carbocycles. The number of nitrogens with zero attached hydrogens (tertiary/aromatic N) is 1. The molecule has 3 aromatic carbocycles. The van der Waals surface area contributed by atoms with Crippen LogP contribution >= 0.6 is 23.2 Å². The van der Waals surface area contributed by atoms with Crippen LogP contribution in [-0.2, 0) is 31.9 Å². The van der Waals surface area contributed by atoms with E-state index in [-0.39, 0.29) is 34.4 Å². The van der Waals surface area contributed by atoms with Crippen LogP contribution in [0.3, 0.4) is 0 Å². The fraction of sp³-hybridized carbons (Fsp3) is 0.241. The van der Waals surface area contributed by atoms with Gasteiger partial charge in [0, 0.05) is 31.9 Å². The second-order valence-electron chi connectivity index (χ2n) is 9.00. The average Bonchev–Trinajstić information content (AvgIpc) is 2.92. The Bertz CT molecular complexity index is 1390. The molecule has 2 N–H and O–H groups in total. The SMILES string of the molecule is COC(=O)c1cc(N(C)C)ccc1CC(=O)Nc1ccc(C[C@H](NC(=O)c2c(Cl)cccc2Cl)C(=O)OC)cc1. The zero-order valence-electron chi connectivity index (χ0n) is 22.4. The Hall–Kier alpha value is -4.08. The van der Waals surface area contributed by atoms with Crippen molar-refractivity contribution in [3.8, 4) is 0 Å². The summed E-state index contributed by atoms with van der Waals surface area (Å²) in [6.45, 7) is 0. The first-order valence-electron chi connectivity index (χ1n) is 12.1. The lowest BCUT2D eigenvalue weighted by Gasteiger charge is -2.18. The Morgan fingerprint density at radius 2 is 1.55 bits per heavy atom. The van der Waals surface area contributed by atoms with Gasteiger partial charge in [0.15, 0.2) is 0 Å². The summed E-state index contributed by atoms with van der Waals surface area (Å²) in [5, 5.41) is 5.73. The Kier molecular flexibility index (Phi) is 10.5. The minimum atomic E-state index is -1.01. The van der Waals surface area contributed by atoms with Crippen LogP contribution < -0.4 is 15.5 Å². The fourth-order valence-corrected chi connectivity index (χ4v) is 4.48. The molecule has 210 valence electrons.